The summed E-state index contributed by atoms with van der Waals surface area (Å²) in [6, 6.07) is 4.75. The Morgan fingerprint density at radius 1 is 1.40 bits per heavy atom. The van der Waals surface area contributed by atoms with Crippen LogP contribution in [-0.4, -0.2) is 35.1 Å². The highest BCUT2D eigenvalue weighted by Gasteiger charge is 2.20. The third-order valence-corrected chi connectivity index (χ3v) is 2.16. The average molecular weight is 213 g/mol. The van der Waals surface area contributed by atoms with Crippen molar-refractivity contribution in [2.45, 2.75) is 12.2 Å². The smallest absolute Gasteiger partial charge is 0.119 e. The number of methoxy groups -OCH3 is 1. The zero-order valence-electron chi connectivity index (χ0n) is 8.42. The number of hydrogen-bond acceptors (Lipinski definition) is 5. The highest BCUT2D eigenvalue weighted by atomic mass is 16.5. The summed E-state index contributed by atoms with van der Waals surface area (Å²) in [7, 11) is 1.49. The van der Waals surface area contributed by atoms with Gasteiger partial charge >= 0.3 is 0 Å². The Morgan fingerprint density at radius 2 is 2.07 bits per heavy atom. The van der Waals surface area contributed by atoms with Crippen molar-refractivity contribution < 1.29 is 20.1 Å². The molecule has 0 amide bonds. The van der Waals surface area contributed by atoms with Gasteiger partial charge in [0.15, 0.2) is 0 Å². The third kappa shape index (κ3) is 2.59. The zero-order chi connectivity index (χ0) is 11.4. The van der Waals surface area contributed by atoms with E-state index in [2.05, 4.69) is 0 Å². The summed E-state index contributed by atoms with van der Waals surface area (Å²) in [6.07, 6.45) is -2.47. The second-order valence-corrected chi connectivity index (χ2v) is 3.19. The van der Waals surface area contributed by atoms with Crippen LogP contribution < -0.4 is 10.5 Å². The molecular weight excluding hydrogens is 198 g/mol. The lowest BCUT2D eigenvalue weighted by molar-refractivity contribution is -0.0149. The predicted molar refractivity (Wildman–Crippen MR) is 55.5 cm³/mol. The number of nitrogens with two attached hydrogens (primary N) is 1. The maximum absolute atomic E-state index is 9.64. The van der Waals surface area contributed by atoms with Crippen LogP contribution in [0.1, 0.15) is 11.7 Å². The predicted octanol–water partition coefficient (Wildman–Crippen LogP) is -0.336. The summed E-state index contributed by atoms with van der Waals surface area (Å²) in [5, 5.41) is 27.6. The highest BCUT2D eigenvalue weighted by molar-refractivity contribution is 5.51. The third-order valence-electron chi connectivity index (χ3n) is 2.16. The van der Waals surface area contributed by atoms with E-state index in [0.29, 0.717) is 17.0 Å². The second kappa shape index (κ2) is 4.97. The summed E-state index contributed by atoms with van der Waals surface area (Å²) in [5.41, 5.74) is 6.32. The van der Waals surface area contributed by atoms with Gasteiger partial charge in [-0.05, 0) is 18.2 Å². The molecule has 1 rings (SSSR count). The largest absolute Gasteiger partial charge is 0.497 e. The van der Waals surface area contributed by atoms with E-state index in [0.717, 1.165) is 0 Å². The number of rotatable bonds is 4. The lowest BCUT2D eigenvalue weighted by Crippen LogP contribution is -2.22. The fourth-order valence-electron chi connectivity index (χ4n) is 1.24. The zero-order valence-corrected chi connectivity index (χ0v) is 8.42. The van der Waals surface area contributed by atoms with Crippen molar-refractivity contribution in [3.63, 3.8) is 0 Å². The first-order chi connectivity index (χ1) is 7.10. The van der Waals surface area contributed by atoms with E-state index in [9.17, 15) is 10.2 Å². The molecule has 0 aliphatic carbocycles. The summed E-state index contributed by atoms with van der Waals surface area (Å²) < 4.78 is 4.96. The first-order valence-electron chi connectivity index (χ1n) is 4.50. The number of aliphatic hydroxyl groups is 3. The molecule has 0 heterocycles. The molecule has 0 bridgehead atoms. The van der Waals surface area contributed by atoms with Gasteiger partial charge in [0, 0.05) is 11.3 Å². The lowest BCUT2D eigenvalue weighted by atomic mass is 10.0. The van der Waals surface area contributed by atoms with Crippen LogP contribution in [0.4, 0.5) is 5.69 Å². The maximum Gasteiger partial charge on any atom is 0.119 e. The number of benzene rings is 1. The van der Waals surface area contributed by atoms with Crippen LogP contribution in [0.2, 0.25) is 0 Å². The van der Waals surface area contributed by atoms with Gasteiger partial charge in [0.2, 0.25) is 0 Å². The summed E-state index contributed by atoms with van der Waals surface area (Å²) >= 11 is 0. The van der Waals surface area contributed by atoms with Crippen molar-refractivity contribution >= 4 is 5.69 Å². The SMILES string of the molecule is COc1ccc(N)c(C(O)C(O)CO)c1. The molecule has 0 aliphatic heterocycles. The van der Waals surface area contributed by atoms with E-state index >= 15 is 0 Å². The molecule has 84 valence electrons. The van der Waals surface area contributed by atoms with Crippen LogP contribution in [0.25, 0.3) is 0 Å². The minimum atomic E-state index is -1.25. The standard InChI is InChI=1S/C10H15NO4/c1-15-6-2-3-8(11)7(4-6)10(14)9(13)5-12/h2-4,9-10,12-14H,5,11H2,1H3. The normalized spacial score (nSPS) is 14.7. The first-order valence-corrected chi connectivity index (χ1v) is 4.50. The molecule has 2 unspecified atom stereocenters. The monoisotopic (exact) mass is 213 g/mol. The van der Waals surface area contributed by atoms with Crippen molar-refractivity contribution in [1.29, 1.82) is 0 Å². The van der Waals surface area contributed by atoms with Crippen LogP contribution >= 0.6 is 0 Å². The topological polar surface area (TPSA) is 95.9 Å². The van der Waals surface area contributed by atoms with Crippen LogP contribution in [-0.2, 0) is 0 Å². The minimum Gasteiger partial charge on any atom is -0.497 e. The van der Waals surface area contributed by atoms with Crippen molar-refractivity contribution in [3.8, 4) is 5.75 Å². The quantitative estimate of drug-likeness (QED) is 0.513. The minimum absolute atomic E-state index is 0.343. The summed E-state index contributed by atoms with van der Waals surface area (Å²) in [5.74, 6) is 0.531. The van der Waals surface area contributed by atoms with Gasteiger partial charge in [-0.25, -0.2) is 0 Å². The molecule has 5 nitrogen and oxygen atoms in total. The molecule has 0 spiro atoms. The van der Waals surface area contributed by atoms with Gasteiger partial charge < -0.3 is 25.8 Å². The number of hydrogen-bond donors (Lipinski definition) is 4. The summed E-state index contributed by atoms with van der Waals surface area (Å²) in [6.45, 7) is -0.530. The fourth-order valence-corrected chi connectivity index (χ4v) is 1.24. The Hall–Kier alpha value is -1.30. The molecule has 0 saturated carbocycles. The molecule has 0 aliphatic rings. The van der Waals surface area contributed by atoms with Gasteiger partial charge in [0.25, 0.3) is 0 Å². The van der Waals surface area contributed by atoms with Crippen molar-refractivity contribution in [1.82, 2.24) is 0 Å². The molecule has 15 heavy (non-hydrogen) atoms. The first kappa shape index (κ1) is 11.8. The molecule has 2 atom stereocenters. The van der Waals surface area contributed by atoms with Gasteiger partial charge in [0.1, 0.15) is 18.0 Å². The summed E-state index contributed by atoms with van der Waals surface area (Å²) in [4.78, 5) is 0. The van der Waals surface area contributed by atoms with Crippen LogP contribution in [0.3, 0.4) is 0 Å². The lowest BCUT2D eigenvalue weighted by Gasteiger charge is -2.18. The van der Waals surface area contributed by atoms with E-state index in [4.69, 9.17) is 15.6 Å². The van der Waals surface area contributed by atoms with Gasteiger partial charge in [0.05, 0.1) is 13.7 Å². The van der Waals surface area contributed by atoms with E-state index in [1.807, 2.05) is 0 Å². The molecular formula is C10H15NO4. The van der Waals surface area contributed by atoms with Gasteiger partial charge in [-0.1, -0.05) is 0 Å². The maximum atomic E-state index is 9.64. The van der Waals surface area contributed by atoms with E-state index in [1.165, 1.54) is 13.2 Å². The number of aliphatic hydroxyl groups excluding tert-OH is 3. The Kier molecular flexibility index (Phi) is 3.90. The number of anilines is 1. The highest BCUT2D eigenvalue weighted by Crippen LogP contribution is 2.27. The van der Waals surface area contributed by atoms with Gasteiger partial charge in [-0.15, -0.1) is 0 Å². The molecule has 1 aromatic carbocycles. The molecule has 5 N–H and O–H groups in total. The van der Waals surface area contributed by atoms with E-state index in [-0.39, 0.29) is 0 Å². The average Bonchev–Trinajstić information content (AvgIpc) is 2.27. The molecule has 1 aromatic rings. The number of ether oxygens (including phenoxy) is 1. The van der Waals surface area contributed by atoms with Crippen molar-refractivity contribution in [2.24, 2.45) is 0 Å². The second-order valence-electron chi connectivity index (χ2n) is 3.19. The molecule has 0 aromatic heterocycles. The van der Waals surface area contributed by atoms with Gasteiger partial charge in [-0.2, -0.15) is 0 Å². The molecule has 5 heteroatoms. The Bertz CT molecular complexity index is 329. The fraction of sp³-hybridized carbons (Fsp3) is 0.400. The molecule has 0 saturated heterocycles. The Labute approximate surface area is 87.7 Å². The van der Waals surface area contributed by atoms with E-state index < -0.39 is 18.8 Å². The van der Waals surface area contributed by atoms with Crippen molar-refractivity contribution in [2.75, 3.05) is 19.5 Å². The Morgan fingerprint density at radius 3 is 2.60 bits per heavy atom. The molecule has 0 fully saturated rings. The Balaban J connectivity index is 3.01. The van der Waals surface area contributed by atoms with E-state index in [1.54, 1.807) is 12.1 Å². The van der Waals surface area contributed by atoms with Crippen LogP contribution in [0.15, 0.2) is 18.2 Å². The van der Waals surface area contributed by atoms with Gasteiger partial charge in [-0.3, -0.25) is 0 Å². The van der Waals surface area contributed by atoms with Crippen LogP contribution in [0.5, 0.6) is 5.75 Å². The molecule has 0 radical (unpaired) electrons. The number of nitrogen functional groups attached to an aromatic ring is 1. The van der Waals surface area contributed by atoms with Crippen LogP contribution in [0, 0.1) is 0 Å². The van der Waals surface area contributed by atoms with Crippen molar-refractivity contribution in [3.05, 3.63) is 23.8 Å².